The van der Waals surface area contributed by atoms with Crippen LogP contribution in [0.2, 0.25) is 0 Å². The van der Waals surface area contributed by atoms with Gasteiger partial charge in [0.1, 0.15) is 23.3 Å². The van der Waals surface area contributed by atoms with Crippen LogP contribution in [0.15, 0.2) is 65.7 Å². The predicted octanol–water partition coefficient (Wildman–Crippen LogP) is 3.62. The first-order valence-electron chi connectivity index (χ1n) is 11.3. The van der Waals surface area contributed by atoms with E-state index in [4.69, 9.17) is 10.5 Å². The summed E-state index contributed by atoms with van der Waals surface area (Å²) < 4.78 is 9.24. The van der Waals surface area contributed by atoms with Crippen LogP contribution in [0.25, 0.3) is 16.9 Å². The van der Waals surface area contributed by atoms with Gasteiger partial charge in [-0.3, -0.25) is 14.0 Å². The summed E-state index contributed by atoms with van der Waals surface area (Å²) in [5.74, 6) is 7.87. The summed E-state index contributed by atoms with van der Waals surface area (Å²) in [4.78, 5) is 24.6. The summed E-state index contributed by atoms with van der Waals surface area (Å²) >= 11 is 0. The van der Waals surface area contributed by atoms with Gasteiger partial charge in [-0.2, -0.15) is 0 Å². The highest BCUT2D eigenvalue weighted by Crippen LogP contribution is 2.29. The Labute approximate surface area is 197 Å². The van der Waals surface area contributed by atoms with Crippen LogP contribution in [0.3, 0.4) is 0 Å². The van der Waals surface area contributed by atoms with E-state index in [9.17, 15) is 4.79 Å². The number of fused-ring (bicyclic) bond motifs is 1. The van der Waals surface area contributed by atoms with Crippen LogP contribution in [0.4, 0.5) is 5.82 Å². The molecule has 2 atom stereocenters. The van der Waals surface area contributed by atoms with E-state index in [2.05, 4.69) is 33.6 Å². The van der Waals surface area contributed by atoms with E-state index in [-0.39, 0.29) is 23.6 Å². The lowest BCUT2D eigenvalue weighted by Crippen LogP contribution is -2.32. The second kappa shape index (κ2) is 9.04. The molecule has 2 aromatic carbocycles. The molecule has 1 fully saturated rings. The van der Waals surface area contributed by atoms with Crippen LogP contribution in [0.5, 0.6) is 11.5 Å². The van der Waals surface area contributed by atoms with Gasteiger partial charge in [0.05, 0.1) is 17.8 Å². The molecule has 0 spiro atoms. The summed E-state index contributed by atoms with van der Waals surface area (Å²) in [5, 5.41) is 0. The van der Waals surface area contributed by atoms with Crippen molar-refractivity contribution in [3.8, 4) is 29.0 Å². The fourth-order valence-electron chi connectivity index (χ4n) is 4.55. The third kappa shape index (κ3) is 3.91. The number of nitrogen functional groups attached to an aromatic ring is 1. The normalized spacial score (nSPS) is 16.8. The molecule has 2 N–H and O–H groups in total. The molecule has 0 bridgehead atoms. The fraction of sp³-hybridized carbons (Fsp3) is 0.269. The Kier molecular flexibility index (Phi) is 5.78. The monoisotopic (exact) mass is 454 g/mol. The predicted molar refractivity (Wildman–Crippen MR) is 132 cm³/mol. The molecule has 0 saturated carbocycles. The molecule has 2 aromatic heterocycles. The number of likely N-dealkylation sites (tertiary alicyclic amines) is 1. The lowest BCUT2D eigenvalue weighted by molar-refractivity contribution is 0.294. The van der Waals surface area contributed by atoms with Crippen molar-refractivity contribution in [1.29, 1.82) is 0 Å². The van der Waals surface area contributed by atoms with Gasteiger partial charge in [0.25, 0.3) is 0 Å². The number of ether oxygens (including phenoxy) is 1. The molecule has 1 saturated heterocycles. The van der Waals surface area contributed by atoms with Crippen molar-refractivity contribution in [3.63, 3.8) is 0 Å². The Balaban J connectivity index is 1.53. The average molecular weight is 455 g/mol. The van der Waals surface area contributed by atoms with Gasteiger partial charge in [-0.25, -0.2) is 14.8 Å². The lowest BCUT2D eigenvalue weighted by atomic mass is 10.2. The highest BCUT2D eigenvalue weighted by molar-refractivity contribution is 5.84. The van der Waals surface area contributed by atoms with Crippen molar-refractivity contribution in [2.45, 2.75) is 32.4 Å². The molecule has 0 radical (unpaired) electrons. The minimum atomic E-state index is -0.181. The minimum Gasteiger partial charge on any atom is -0.457 e. The first-order valence-corrected chi connectivity index (χ1v) is 11.3. The van der Waals surface area contributed by atoms with Gasteiger partial charge in [-0.1, -0.05) is 24.1 Å². The van der Waals surface area contributed by atoms with Crippen LogP contribution < -0.4 is 16.2 Å². The van der Waals surface area contributed by atoms with Gasteiger partial charge in [0.2, 0.25) is 0 Å². The van der Waals surface area contributed by atoms with E-state index in [1.54, 1.807) is 9.13 Å². The summed E-state index contributed by atoms with van der Waals surface area (Å²) in [7, 11) is 0. The van der Waals surface area contributed by atoms with Crippen LogP contribution in [-0.4, -0.2) is 43.1 Å². The van der Waals surface area contributed by atoms with Gasteiger partial charge < -0.3 is 10.5 Å². The van der Waals surface area contributed by atoms with Crippen molar-refractivity contribution in [1.82, 2.24) is 24.0 Å². The van der Waals surface area contributed by atoms with Crippen molar-refractivity contribution in [3.05, 3.63) is 71.4 Å². The van der Waals surface area contributed by atoms with E-state index < -0.39 is 0 Å². The summed E-state index contributed by atoms with van der Waals surface area (Å²) in [6, 6.07) is 17.0. The number of hydrogen-bond donors (Lipinski definition) is 1. The van der Waals surface area contributed by atoms with Gasteiger partial charge in [0, 0.05) is 13.1 Å². The zero-order valence-electron chi connectivity index (χ0n) is 19.2. The number of anilines is 1. The standard InChI is InChI=1S/C26H26N6O2/c1-3-7-18(2)30-15-14-20(16-30)32-25-23(24(27)28-17-29-25)31(26(32)33)19-10-12-22(13-11-19)34-21-8-5-4-6-9-21/h4-6,8-13,17-18,20H,14-16H2,1-2H3,(H2,27,28,29). The van der Waals surface area contributed by atoms with Crippen LogP contribution in [-0.2, 0) is 0 Å². The Morgan fingerprint density at radius 2 is 1.82 bits per heavy atom. The van der Waals surface area contributed by atoms with Gasteiger partial charge in [-0.05, 0) is 56.7 Å². The number of para-hydroxylation sites is 1. The Morgan fingerprint density at radius 3 is 2.56 bits per heavy atom. The number of aromatic nitrogens is 4. The topological polar surface area (TPSA) is 91.2 Å². The molecule has 3 heterocycles. The number of nitrogens with zero attached hydrogens (tertiary/aromatic N) is 5. The minimum absolute atomic E-state index is 0.0210. The van der Waals surface area contributed by atoms with Gasteiger partial charge in [0.15, 0.2) is 11.5 Å². The van der Waals surface area contributed by atoms with E-state index >= 15 is 0 Å². The number of nitrogens with two attached hydrogens (primary N) is 1. The van der Waals surface area contributed by atoms with E-state index in [0.29, 0.717) is 22.6 Å². The van der Waals surface area contributed by atoms with Gasteiger partial charge >= 0.3 is 5.69 Å². The van der Waals surface area contributed by atoms with Crippen molar-refractivity contribution in [2.75, 3.05) is 18.8 Å². The van der Waals surface area contributed by atoms with E-state index in [1.165, 1.54) is 6.33 Å². The van der Waals surface area contributed by atoms with Crippen molar-refractivity contribution < 1.29 is 4.74 Å². The zero-order chi connectivity index (χ0) is 23.7. The van der Waals surface area contributed by atoms with Crippen molar-refractivity contribution >= 4 is 17.0 Å². The Hall–Kier alpha value is -4.09. The molecule has 5 rings (SSSR count). The third-order valence-corrected chi connectivity index (χ3v) is 6.22. The van der Waals surface area contributed by atoms with E-state index in [1.807, 2.05) is 61.5 Å². The molecular weight excluding hydrogens is 428 g/mol. The van der Waals surface area contributed by atoms with Crippen LogP contribution >= 0.6 is 0 Å². The SMILES string of the molecule is CC#CC(C)N1CCC(n2c(=O)n(-c3ccc(Oc4ccccc4)cc3)c3c(N)ncnc32)C1. The fourth-order valence-corrected chi connectivity index (χ4v) is 4.55. The molecule has 8 heteroatoms. The quantitative estimate of drug-likeness (QED) is 0.463. The maximum atomic E-state index is 13.7. The largest absolute Gasteiger partial charge is 0.457 e. The number of benzene rings is 2. The number of imidazole rings is 1. The first kappa shape index (κ1) is 21.7. The summed E-state index contributed by atoms with van der Waals surface area (Å²) in [5.41, 5.74) is 7.80. The smallest absolute Gasteiger partial charge is 0.335 e. The second-order valence-corrected chi connectivity index (χ2v) is 8.34. The zero-order valence-corrected chi connectivity index (χ0v) is 19.2. The maximum Gasteiger partial charge on any atom is 0.335 e. The molecule has 1 aliphatic rings. The molecule has 0 aliphatic carbocycles. The number of hydrogen-bond acceptors (Lipinski definition) is 6. The van der Waals surface area contributed by atoms with Crippen LogP contribution in [0, 0.1) is 11.8 Å². The Morgan fingerprint density at radius 1 is 1.09 bits per heavy atom. The Bertz CT molecular complexity index is 1430. The molecule has 4 aromatic rings. The van der Waals surface area contributed by atoms with Crippen molar-refractivity contribution in [2.24, 2.45) is 0 Å². The lowest BCUT2D eigenvalue weighted by Gasteiger charge is -2.19. The first-order chi connectivity index (χ1) is 16.6. The molecule has 1 aliphatic heterocycles. The molecule has 2 unspecified atom stereocenters. The molecule has 172 valence electrons. The highest BCUT2D eigenvalue weighted by Gasteiger charge is 2.31. The summed E-state index contributed by atoms with van der Waals surface area (Å²) in [6.07, 6.45) is 2.25. The van der Waals surface area contributed by atoms with Crippen LogP contribution in [0.1, 0.15) is 26.3 Å². The molecular formula is C26H26N6O2. The summed E-state index contributed by atoms with van der Waals surface area (Å²) in [6.45, 7) is 5.52. The third-order valence-electron chi connectivity index (χ3n) is 6.22. The second-order valence-electron chi connectivity index (χ2n) is 8.34. The molecule has 34 heavy (non-hydrogen) atoms. The molecule has 8 nitrogen and oxygen atoms in total. The molecule has 0 amide bonds. The maximum absolute atomic E-state index is 13.7. The average Bonchev–Trinajstić information content (AvgIpc) is 3.43. The van der Waals surface area contributed by atoms with E-state index in [0.717, 1.165) is 25.3 Å². The number of rotatable bonds is 5. The van der Waals surface area contributed by atoms with Gasteiger partial charge in [-0.15, -0.1) is 5.92 Å². The highest BCUT2D eigenvalue weighted by atomic mass is 16.5.